The van der Waals surface area contributed by atoms with Gasteiger partial charge in [-0.15, -0.1) is 13.2 Å². The lowest BCUT2D eigenvalue weighted by Gasteiger charge is -1.86. The molecule has 0 atom stereocenters. The molecule has 0 aromatic carbocycles. The van der Waals surface area contributed by atoms with Gasteiger partial charge < -0.3 is 0 Å². The monoisotopic (exact) mass is 264 g/mol. The van der Waals surface area contributed by atoms with Crippen molar-refractivity contribution >= 4 is 0 Å². The molecule has 0 aliphatic heterocycles. The summed E-state index contributed by atoms with van der Waals surface area (Å²) in [6.45, 7) is 30.5. The highest BCUT2D eigenvalue weighted by atomic mass is 13.8. The van der Waals surface area contributed by atoms with E-state index in [1.807, 2.05) is 69.2 Å². The van der Waals surface area contributed by atoms with E-state index in [0.29, 0.717) is 0 Å². The first-order valence-electron chi connectivity index (χ1n) is 8.41. The molecule has 0 aliphatic carbocycles. The molecule has 0 nitrogen and oxygen atoms in total. The van der Waals surface area contributed by atoms with Crippen molar-refractivity contribution in [3.05, 3.63) is 13.2 Å². The van der Waals surface area contributed by atoms with Gasteiger partial charge in [-0.3, -0.25) is 0 Å². The van der Waals surface area contributed by atoms with Crippen molar-refractivity contribution in [3.8, 4) is 0 Å². The minimum Gasteiger partial charge on any atom is -0.106 e. The highest BCUT2D eigenvalue weighted by Gasteiger charge is 1.75. The molecule has 0 aliphatic rings. The molecule has 0 amide bonds. The van der Waals surface area contributed by atoms with E-state index in [-0.39, 0.29) is 0 Å². The highest BCUT2D eigenvalue weighted by molar-refractivity contribution is 4.31. The highest BCUT2D eigenvalue weighted by Crippen LogP contribution is 1.95. The van der Waals surface area contributed by atoms with Gasteiger partial charge in [0, 0.05) is 0 Å². The van der Waals surface area contributed by atoms with Crippen LogP contribution in [-0.2, 0) is 0 Å². The molecular weight excluding hydrogens is 216 g/mol. The van der Waals surface area contributed by atoms with Crippen LogP contribution in [0, 0.1) is 0 Å². The largest absolute Gasteiger partial charge is 0.106 e. The van der Waals surface area contributed by atoms with Crippen LogP contribution in [0.5, 0.6) is 0 Å². The molecule has 0 spiro atoms. The molecule has 0 fully saturated rings. The lowest BCUT2D eigenvalue weighted by atomic mass is 10.2. The Hall–Kier alpha value is -0.260. The molecule has 120 valence electrons. The smallest absolute Gasteiger partial charge is 0.0536 e. The zero-order valence-electron chi connectivity index (χ0n) is 16.2. The Balaban J connectivity index is -0.0000000174. The number of hydrogen-bond donors (Lipinski definition) is 0. The van der Waals surface area contributed by atoms with Crippen molar-refractivity contribution in [1.29, 1.82) is 0 Å². The summed E-state index contributed by atoms with van der Waals surface area (Å²) in [6.07, 6.45) is 5.54. The lowest BCUT2D eigenvalue weighted by molar-refractivity contribution is 0.702. The fourth-order valence-electron chi connectivity index (χ4n) is 0.500. The van der Waals surface area contributed by atoms with Crippen molar-refractivity contribution in [2.24, 2.45) is 0 Å². The van der Waals surface area contributed by atoms with Gasteiger partial charge in [0.05, 0.1) is 0 Å². The summed E-state index contributed by atoms with van der Waals surface area (Å²) in [5, 5.41) is 0. The maximum atomic E-state index is 3.00. The van der Waals surface area contributed by atoms with E-state index in [1.54, 1.807) is 0 Å². The first-order chi connectivity index (χ1) is 8.91. The van der Waals surface area contributed by atoms with E-state index in [0.717, 1.165) is 0 Å². The van der Waals surface area contributed by atoms with Gasteiger partial charge in [0.1, 0.15) is 0 Å². The van der Waals surface area contributed by atoms with Gasteiger partial charge in [0.15, 0.2) is 0 Å². The normalized spacial score (nSPS) is 4.89. The Morgan fingerprint density at radius 3 is 0.611 bits per heavy atom. The number of rotatable bonds is 3. The van der Waals surface area contributed by atoms with Gasteiger partial charge in [-0.1, -0.05) is 109 Å². The van der Waals surface area contributed by atoms with Gasteiger partial charge in [-0.05, 0) is 0 Å². The summed E-state index contributed by atoms with van der Waals surface area (Å²) in [4.78, 5) is 0. The van der Waals surface area contributed by atoms with Crippen molar-refractivity contribution in [2.45, 2.75) is 109 Å². The average Bonchev–Trinajstić information content (AvgIpc) is 2.57. The third-order valence-electron chi connectivity index (χ3n) is 0.957. The van der Waals surface area contributed by atoms with E-state index < -0.39 is 0 Å². The second kappa shape index (κ2) is 296. The Kier molecular flexibility index (Phi) is 710. The Labute approximate surface area is 122 Å². The van der Waals surface area contributed by atoms with Gasteiger partial charge in [0.25, 0.3) is 0 Å². The van der Waals surface area contributed by atoms with Crippen LogP contribution in [0.1, 0.15) is 109 Å². The van der Waals surface area contributed by atoms with E-state index >= 15 is 0 Å². The molecular formula is C18H48. The topological polar surface area (TPSA) is 0 Å². The fourth-order valence-corrected chi connectivity index (χ4v) is 0.500. The van der Waals surface area contributed by atoms with Crippen LogP contribution in [0.4, 0.5) is 0 Å². The number of unbranched alkanes of at least 4 members (excludes halogenated alkanes) is 3. The van der Waals surface area contributed by atoms with Crippen molar-refractivity contribution < 1.29 is 0 Å². The van der Waals surface area contributed by atoms with E-state index in [4.69, 9.17) is 0 Å². The zero-order valence-corrected chi connectivity index (χ0v) is 16.2. The minimum absolute atomic E-state index is 1.36. The van der Waals surface area contributed by atoms with E-state index in [9.17, 15) is 0 Å². The molecule has 0 rings (SSSR count). The predicted octanol–water partition coefficient (Wildman–Crippen LogP) is 8.52. The third-order valence-corrected chi connectivity index (χ3v) is 0.957. The van der Waals surface area contributed by atoms with Gasteiger partial charge in [-0.25, -0.2) is 0 Å². The van der Waals surface area contributed by atoms with Crippen LogP contribution in [0.25, 0.3) is 0 Å². The maximum absolute atomic E-state index is 3.00. The minimum atomic E-state index is 1.36. The molecule has 0 saturated heterocycles. The summed E-state index contributed by atoms with van der Waals surface area (Å²) in [5.74, 6) is 0. The molecule has 0 heteroatoms. The fraction of sp³-hybridized carbons (Fsp3) is 0.889. The molecule has 18 heavy (non-hydrogen) atoms. The van der Waals surface area contributed by atoms with E-state index in [1.165, 1.54) is 25.7 Å². The summed E-state index contributed by atoms with van der Waals surface area (Å²) in [5.41, 5.74) is 0. The van der Waals surface area contributed by atoms with Gasteiger partial charge >= 0.3 is 0 Å². The van der Waals surface area contributed by atoms with Crippen molar-refractivity contribution in [3.63, 3.8) is 0 Å². The summed E-state index contributed by atoms with van der Waals surface area (Å²) in [6, 6.07) is 0. The number of hydrogen-bond acceptors (Lipinski definition) is 0. The van der Waals surface area contributed by atoms with Crippen LogP contribution in [0.2, 0.25) is 0 Å². The first-order valence-corrected chi connectivity index (χ1v) is 8.41. The molecule has 0 N–H and O–H groups in total. The zero-order chi connectivity index (χ0) is 16.8. The average molecular weight is 265 g/mol. The van der Waals surface area contributed by atoms with Crippen LogP contribution in [0.15, 0.2) is 13.2 Å². The van der Waals surface area contributed by atoms with Crippen LogP contribution in [-0.4, -0.2) is 0 Å². The van der Waals surface area contributed by atoms with Crippen LogP contribution in [0.3, 0.4) is 0 Å². The SMILES string of the molecule is C=C.CC.CC.CC.CC.CC.CCCCCC. The van der Waals surface area contributed by atoms with Crippen molar-refractivity contribution in [1.82, 2.24) is 0 Å². The van der Waals surface area contributed by atoms with Crippen LogP contribution < -0.4 is 0 Å². The molecule has 0 saturated carbocycles. The Morgan fingerprint density at radius 2 is 0.556 bits per heavy atom. The standard InChI is InChI=1S/C6H14.5C2H6.C2H4/c1-3-5-6-4-2;6*1-2/h3-6H2,1-2H3;5*1-2H3;1-2H2. The van der Waals surface area contributed by atoms with Gasteiger partial charge in [0.2, 0.25) is 0 Å². The van der Waals surface area contributed by atoms with Gasteiger partial charge in [-0.2, -0.15) is 0 Å². The van der Waals surface area contributed by atoms with Crippen molar-refractivity contribution in [2.75, 3.05) is 0 Å². The Morgan fingerprint density at radius 1 is 0.444 bits per heavy atom. The summed E-state index contributed by atoms with van der Waals surface area (Å²) < 4.78 is 0. The second-order valence-electron chi connectivity index (χ2n) is 1.71. The quantitative estimate of drug-likeness (QED) is 0.354. The molecule has 0 aromatic heterocycles. The first kappa shape index (κ1) is 43.1. The third kappa shape index (κ3) is 456. The lowest BCUT2D eigenvalue weighted by Crippen LogP contribution is -1.66. The summed E-state index contributed by atoms with van der Waals surface area (Å²) >= 11 is 0. The molecule has 0 heterocycles. The van der Waals surface area contributed by atoms with Crippen LogP contribution >= 0.6 is 0 Å². The molecule has 0 unspecified atom stereocenters. The molecule has 0 radical (unpaired) electrons. The molecule has 0 aromatic rings. The summed E-state index contributed by atoms with van der Waals surface area (Å²) in [7, 11) is 0. The maximum Gasteiger partial charge on any atom is -0.0536 e. The predicted molar refractivity (Wildman–Crippen MR) is 97.8 cm³/mol. The molecule has 0 bridgehead atoms. The van der Waals surface area contributed by atoms with E-state index in [2.05, 4.69) is 27.0 Å². The Bertz CT molecular complexity index is 19.2. The second-order valence-corrected chi connectivity index (χ2v) is 1.71.